The molecule has 0 aromatic heterocycles. The molecule has 1 saturated heterocycles. The first-order chi connectivity index (χ1) is 15.6. The third-order valence-electron chi connectivity index (χ3n) is 5.87. The highest BCUT2D eigenvalue weighted by Crippen LogP contribution is 2.22. The predicted molar refractivity (Wildman–Crippen MR) is 124 cm³/mol. The van der Waals surface area contributed by atoms with Gasteiger partial charge in [0.1, 0.15) is 0 Å². The maximum Gasteiger partial charge on any atom is 0.310 e. The third kappa shape index (κ3) is 6.32. The van der Waals surface area contributed by atoms with Gasteiger partial charge in [-0.05, 0) is 44.4 Å². The minimum atomic E-state index is -3.73. The minimum Gasteiger partial charge on any atom is -0.466 e. The molecule has 10 heteroatoms. The molecule has 1 aromatic carbocycles. The first-order valence-corrected chi connectivity index (χ1v) is 12.8. The summed E-state index contributed by atoms with van der Waals surface area (Å²) in [5.74, 6) is -1.36. The van der Waals surface area contributed by atoms with Crippen molar-refractivity contribution in [3.63, 3.8) is 0 Å². The smallest absolute Gasteiger partial charge is 0.310 e. The van der Waals surface area contributed by atoms with E-state index in [0.717, 1.165) is 0 Å². The van der Waals surface area contributed by atoms with E-state index in [9.17, 15) is 22.8 Å². The van der Waals surface area contributed by atoms with E-state index < -0.39 is 15.9 Å². The van der Waals surface area contributed by atoms with E-state index >= 15 is 0 Å². The molecule has 2 rings (SSSR count). The number of nitrogens with zero attached hydrogens (tertiary/aromatic N) is 3. The number of ether oxygens (including phenoxy) is 1. The van der Waals surface area contributed by atoms with E-state index in [1.165, 1.54) is 22.3 Å². The molecular weight excluding hydrogens is 446 g/mol. The van der Waals surface area contributed by atoms with Crippen LogP contribution in [0.15, 0.2) is 23.1 Å². The minimum absolute atomic E-state index is 0.0880. The molecule has 9 nitrogen and oxygen atoms in total. The largest absolute Gasteiger partial charge is 0.466 e. The molecular formula is C23H35N3O6S. The molecule has 184 valence electrons. The Kier molecular flexibility index (Phi) is 9.42. The summed E-state index contributed by atoms with van der Waals surface area (Å²) in [6.45, 7) is 8.53. The lowest BCUT2D eigenvalue weighted by Gasteiger charge is -2.32. The van der Waals surface area contributed by atoms with Crippen LogP contribution >= 0.6 is 0 Å². The molecule has 1 unspecified atom stereocenters. The van der Waals surface area contributed by atoms with Gasteiger partial charge in [0, 0.05) is 38.8 Å². The standard InChI is InChI=1S/C23H35N3O6S/c1-6-26(7-2)33(30,31)20-14-18(12-11-17(20)4)22(28)24(5)16-21(27)25-13-9-10-19(15-25)23(29)32-8-3/h11-12,14,19H,6-10,13,15-16H2,1-5H3. The maximum absolute atomic E-state index is 13.0. The topological polar surface area (TPSA) is 104 Å². The molecule has 0 N–H and O–H groups in total. The second kappa shape index (κ2) is 11.6. The summed E-state index contributed by atoms with van der Waals surface area (Å²) in [7, 11) is -2.22. The van der Waals surface area contributed by atoms with Crippen LogP contribution in [0.1, 0.15) is 49.5 Å². The zero-order chi connectivity index (χ0) is 24.8. The lowest BCUT2D eigenvalue weighted by molar-refractivity contribution is -0.151. The van der Waals surface area contributed by atoms with Crippen molar-refractivity contribution in [3.8, 4) is 0 Å². The SMILES string of the molecule is CCOC(=O)C1CCCN(C(=O)CN(C)C(=O)c2ccc(C)c(S(=O)(=O)N(CC)CC)c2)C1. The highest BCUT2D eigenvalue weighted by molar-refractivity contribution is 7.89. The summed E-state index contributed by atoms with van der Waals surface area (Å²) in [4.78, 5) is 40.8. The Labute approximate surface area is 196 Å². The zero-order valence-corrected chi connectivity index (χ0v) is 21.0. The highest BCUT2D eigenvalue weighted by atomic mass is 32.2. The summed E-state index contributed by atoms with van der Waals surface area (Å²) in [5, 5.41) is 0. The Morgan fingerprint density at radius 3 is 2.42 bits per heavy atom. The first kappa shape index (κ1) is 26.8. The number of carbonyl (C=O) groups is 3. The van der Waals surface area contributed by atoms with Crippen LogP contribution in [0, 0.1) is 12.8 Å². The fourth-order valence-electron chi connectivity index (χ4n) is 3.96. The van der Waals surface area contributed by atoms with Gasteiger partial charge < -0.3 is 14.5 Å². The van der Waals surface area contributed by atoms with Crippen molar-refractivity contribution >= 4 is 27.8 Å². The van der Waals surface area contributed by atoms with Crippen molar-refractivity contribution in [2.24, 2.45) is 5.92 Å². The van der Waals surface area contributed by atoms with Crippen LogP contribution in [0.25, 0.3) is 0 Å². The van der Waals surface area contributed by atoms with E-state index in [1.54, 1.807) is 44.7 Å². The molecule has 1 aromatic rings. The van der Waals surface area contributed by atoms with Crippen LogP contribution in [0.5, 0.6) is 0 Å². The van der Waals surface area contributed by atoms with Gasteiger partial charge in [0.05, 0.1) is 24.0 Å². The molecule has 33 heavy (non-hydrogen) atoms. The predicted octanol–water partition coefficient (Wildman–Crippen LogP) is 1.90. The van der Waals surface area contributed by atoms with Gasteiger partial charge in [-0.2, -0.15) is 4.31 Å². The molecule has 0 aliphatic carbocycles. The summed E-state index contributed by atoms with van der Waals surface area (Å²) in [5.41, 5.74) is 0.750. The number of piperidine rings is 1. The average Bonchev–Trinajstić information content (AvgIpc) is 2.79. The van der Waals surface area contributed by atoms with Gasteiger partial charge in [0.25, 0.3) is 5.91 Å². The number of carbonyl (C=O) groups excluding carboxylic acids is 3. The molecule has 0 radical (unpaired) electrons. The molecule has 1 heterocycles. The van der Waals surface area contributed by atoms with Crippen molar-refractivity contribution in [1.29, 1.82) is 0 Å². The van der Waals surface area contributed by atoms with Crippen molar-refractivity contribution in [1.82, 2.24) is 14.1 Å². The number of rotatable bonds is 9. The van der Waals surface area contributed by atoms with E-state index in [2.05, 4.69) is 0 Å². The second-order valence-corrected chi connectivity index (χ2v) is 10.1. The Morgan fingerprint density at radius 1 is 1.15 bits per heavy atom. The van der Waals surface area contributed by atoms with E-state index in [4.69, 9.17) is 4.74 Å². The summed E-state index contributed by atoms with van der Waals surface area (Å²) < 4.78 is 32.4. The lowest BCUT2D eigenvalue weighted by Crippen LogP contribution is -2.47. The van der Waals surface area contributed by atoms with Crippen LogP contribution < -0.4 is 0 Å². The van der Waals surface area contributed by atoms with Crippen molar-refractivity contribution in [2.45, 2.75) is 45.4 Å². The molecule has 1 fully saturated rings. The number of likely N-dealkylation sites (N-methyl/N-ethyl adjacent to an activating group) is 1. The molecule has 1 aliphatic rings. The number of hydrogen-bond acceptors (Lipinski definition) is 6. The molecule has 1 aliphatic heterocycles. The number of esters is 1. The summed E-state index contributed by atoms with van der Waals surface area (Å²) in [6, 6.07) is 4.55. The monoisotopic (exact) mass is 481 g/mol. The number of aryl methyl sites for hydroxylation is 1. The fourth-order valence-corrected chi connectivity index (χ4v) is 5.67. The number of hydrogen-bond donors (Lipinski definition) is 0. The van der Waals surface area contributed by atoms with Gasteiger partial charge in [-0.25, -0.2) is 8.42 Å². The summed E-state index contributed by atoms with van der Waals surface area (Å²) in [6.07, 6.45) is 1.36. The van der Waals surface area contributed by atoms with Gasteiger partial charge in [0.15, 0.2) is 0 Å². The van der Waals surface area contributed by atoms with Gasteiger partial charge in [-0.15, -0.1) is 0 Å². The van der Waals surface area contributed by atoms with Crippen LogP contribution in [0.3, 0.4) is 0 Å². The molecule has 0 bridgehead atoms. The maximum atomic E-state index is 13.0. The van der Waals surface area contributed by atoms with E-state index in [-0.39, 0.29) is 41.3 Å². The number of sulfonamides is 1. The Morgan fingerprint density at radius 2 is 1.82 bits per heavy atom. The Bertz CT molecular complexity index is 974. The molecule has 0 saturated carbocycles. The Balaban J connectivity index is 2.13. The van der Waals surface area contributed by atoms with Gasteiger partial charge in [-0.1, -0.05) is 19.9 Å². The fraction of sp³-hybridized carbons (Fsp3) is 0.609. The third-order valence-corrected chi connectivity index (χ3v) is 8.06. The van der Waals surface area contributed by atoms with Crippen molar-refractivity contribution in [2.75, 3.05) is 46.4 Å². The van der Waals surface area contributed by atoms with Crippen molar-refractivity contribution < 1.29 is 27.5 Å². The highest BCUT2D eigenvalue weighted by Gasteiger charge is 2.31. The normalized spacial score (nSPS) is 16.5. The molecule has 1 atom stereocenters. The van der Waals surface area contributed by atoms with E-state index in [0.29, 0.717) is 44.6 Å². The zero-order valence-electron chi connectivity index (χ0n) is 20.2. The summed E-state index contributed by atoms with van der Waals surface area (Å²) >= 11 is 0. The van der Waals surface area contributed by atoms with Crippen LogP contribution in [0.4, 0.5) is 0 Å². The first-order valence-electron chi connectivity index (χ1n) is 11.4. The number of likely N-dealkylation sites (tertiary alicyclic amines) is 1. The quantitative estimate of drug-likeness (QED) is 0.499. The average molecular weight is 482 g/mol. The lowest BCUT2D eigenvalue weighted by atomic mass is 9.98. The van der Waals surface area contributed by atoms with Gasteiger partial charge in [0.2, 0.25) is 15.9 Å². The molecule has 2 amide bonds. The van der Waals surface area contributed by atoms with Crippen LogP contribution in [0.2, 0.25) is 0 Å². The number of amides is 2. The van der Waals surface area contributed by atoms with Gasteiger partial charge in [-0.3, -0.25) is 14.4 Å². The van der Waals surface area contributed by atoms with Crippen LogP contribution in [-0.4, -0.2) is 86.7 Å². The van der Waals surface area contributed by atoms with Crippen molar-refractivity contribution in [3.05, 3.63) is 29.3 Å². The van der Waals surface area contributed by atoms with Crippen LogP contribution in [-0.2, 0) is 24.3 Å². The Hall–Kier alpha value is -2.46. The molecule has 0 spiro atoms. The van der Waals surface area contributed by atoms with Gasteiger partial charge >= 0.3 is 5.97 Å². The second-order valence-electron chi connectivity index (χ2n) is 8.16. The van der Waals surface area contributed by atoms with E-state index in [1.807, 2.05) is 0 Å². The number of benzene rings is 1.